The van der Waals surface area contributed by atoms with Crippen molar-refractivity contribution in [3.05, 3.63) is 52.5 Å². The highest BCUT2D eigenvalue weighted by atomic mass is 16.2. The van der Waals surface area contributed by atoms with Crippen molar-refractivity contribution in [1.82, 2.24) is 24.8 Å². The predicted molar refractivity (Wildman–Crippen MR) is 119 cm³/mol. The third-order valence-corrected chi connectivity index (χ3v) is 6.87. The number of anilines is 1. The van der Waals surface area contributed by atoms with Gasteiger partial charge in [0.05, 0.1) is 6.20 Å². The molecule has 2 atom stereocenters. The average Bonchev–Trinajstić information content (AvgIpc) is 2.82. The van der Waals surface area contributed by atoms with Gasteiger partial charge in [0, 0.05) is 49.7 Å². The topological polar surface area (TPSA) is 109 Å². The molecule has 9 nitrogen and oxygen atoms in total. The van der Waals surface area contributed by atoms with Crippen molar-refractivity contribution in [2.75, 3.05) is 18.4 Å². The molecular weight excluding hydrogens is 408 g/mol. The molecule has 2 aromatic rings. The molecule has 5 rings (SSSR count). The second-order valence-electron chi connectivity index (χ2n) is 9.12. The van der Waals surface area contributed by atoms with Gasteiger partial charge >= 0.3 is 6.03 Å². The van der Waals surface area contributed by atoms with Gasteiger partial charge in [-0.2, -0.15) is 0 Å². The first-order valence-electron chi connectivity index (χ1n) is 11.4. The Morgan fingerprint density at radius 1 is 1.03 bits per heavy atom. The fourth-order valence-electron chi connectivity index (χ4n) is 5.32. The molecule has 0 aromatic carbocycles. The summed E-state index contributed by atoms with van der Waals surface area (Å²) in [5.41, 5.74) is 1.11. The summed E-state index contributed by atoms with van der Waals surface area (Å²) in [4.78, 5) is 48.2. The maximum atomic E-state index is 13.1. The fourth-order valence-corrected chi connectivity index (χ4v) is 5.32. The Balaban J connectivity index is 1.30. The molecule has 2 N–H and O–H groups in total. The molecule has 3 aliphatic rings. The highest BCUT2D eigenvalue weighted by molar-refractivity contribution is 6.02. The van der Waals surface area contributed by atoms with Crippen LogP contribution in [0.3, 0.4) is 0 Å². The van der Waals surface area contributed by atoms with E-state index in [1.165, 1.54) is 37.9 Å². The molecule has 0 radical (unpaired) electrons. The second-order valence-corrected chi connectivity index (χ2v) is 9.12. The summed E-state index contributed by atoms with van der Waals surface area (Å²) < 4.78 is 1.77. The van der Waals surface area contributed by atoms with E-state index >= 15 is 0 Å². The highest BCUT2D eigenvalue weighted by Crippen LogP contribution is 2.35. The molecule has 32 heavy (non-hydrogen) atoms. The van der Waals surface area contributed by atoms with E-state index in [-0.39, 0.29) is 40.8 Å². The second kappa shape index (κ2) is 8.72. The monoisotopic (exact) mass is 436 g/mol. The van der Waals surface area contributed by atoms with Crippen LogP contribution in [0.4, 0.5) is 10.5 Å². The van der Waals surface area contributed by atoms with Gasteiger partial charge < -0.3 is 20.1 Å². The lowest BCUT2D eigenvalue weighted by molar-refractivity contribution is 0.102. The molecule has 0 spiro atoms. The number of pyridine rings is 1. The van der Waals surface area contributed by atoms with Gasteiger partial charge in [-0.25, -0.2) is 9.78 Å². The maximum Gasteiger partial charge on any atom is 0.317 e. The number of nitrogens with one attached hydrogen (secondary N) is 2. The van der Waals surface area contributed by atoms with E-state index in [1.54, 1.807) is 10.6 Å². The fraction of sp³-hybridized carbons (Fsp3) is 0.522. The standard InChI is InChI=1S/C23H28N6O3/c30-21(19-11-24-8-9-25-19)27-18-6-7-20-16-10-15(13-29(20)22(18)31)12-28(14-16)23(32)26-17-4-2-1-3-5-17/h6-9,11,15-17H,1-5,10,12-14H2,(H,26,32)(H,27,30). The number of likely N-dealkylation sites (tertiary alicyclic amines) is 1. The highest BCUT2D eigenvalue weighted by Gasteiger charge is 2.37. The Labute approximate surface area is 186 Å². The van der Waals surface area contributed by atoms with E-state index in [4.69, 9.17) is 0 Å². The minimum atomic E-state index is -0.461. The third-order valence-electron chi connectivity index (χ3n) is 6.87. The van der Waals surface area contributed by atoms with Gasteiger partial charge in [0.2, 0.25) is 0 Å². The van der Waals surface area contributed by atoms with Crippen LogP contribution in [0.5, 0.6) is 0 Å². The number of carbonyl (C=O) groups excluding carboxylic acids is 2. The molecule has 3 amide bonds. The zero-order valence-corrected chi connectivity index (χ0v) is 18.0. The number of carbonyl (C=O) groups is 2. The van der Waals surface area contributed by atoms with Crippen LogP contribution in [0.25, 0.3) is 0 Å². The number of nitrogens with zero attached hydrogens (tertiary/aromatic N) is 4. The van der Waals surface area contributed by atoms with E-state index in [1.807, 2.05) is 11.0 Å². The van der Waals surface area contributed by atoms with Gasteiger partial charge in [-0.05, 0) is 37.3 Å². The van der Waals surface area contributed by atoms with Crippen molar-refractivity contribution in [2.45, 2.75) is 57.0 Å². The van der Waals surface area contributed by atoms with Gasteiger partial charge in [0.25, 0.3) is 11.5 Å². The van der Waals surface area contributed by atoms with Crippen LogP contribution in [0, 0.1) is 5.92 Å². The Kier molecular flexibility index (Phi) is 5.63. The number of urea groups is 1. The first-order chi connectivity index (χ1) is 15.6. The molecule has 4 heterocycles. The Hall–Kier alpha value is -3.23. The molecule has 2 unspecified atom stereocenters. The molecule has 2 fully saturated rings. The van der Waals surface area contributed by atoms with Crippen molar-refractivity contribution in [1.29, 1.82) is 0 Å². The molecule has 9 heteroatoms. The molecule has 1 aliphatic carbocycles. The zero-order chi connectivity index (χ0) is 22.1. The first kappa shape index (κ1) is 20.7. The summed E-state index contributed by atoms with van der Waals surface area (Å²) in [6.45, 7) is 1.81. The molecule has 1 saturated heterocycles. The van der Waals surface area contributed by atoms with E-state index in [0.29, 0.717) is 19.6 Å². The van der Waals surface area contributed by atoms with E-state index in [9.17, 15) is 14.4 Å². The van der Waals surface area contributed by atoms with Gasteiger partial charge in [-0.1, -0.05) is 19.3 Å². The molecule has 1 saturated carbocycles. The van der Waals surface area contributed by atoms with Crippen molar-refractivity contribution >= 4 is 17.6 Å². The largest absolute Gasteiger partial charge is 0.335 e. The molecule has 2 aromatic heterocycles. The summed E-state index contributed by atoms with van der Waals surface area (Å²) in [6, 6.07) is 3.87. The van der Waals surface area contributed by atoms with Gasteiger partial charge in [0.1, 0.15) is 11.4 Å². The average molecular weight is 437 g/mol. The van der Waals surface area contributed by atoms with Crippen LogP contribution in [0.15, 0.2) is 35.5 Å². The molecular formula is C23H28N6O3. The third kappa shape index (κ3) is 4.11. The van der Waals surface area contributed by atoms with Crippen LogP contribution in [-0.4, -0.2) is 50.5 Å². The summed E-state index contributed by atoms with van der Waals surface area (Å²) in [6.07, 6.45) is 11.0. The molecule has 168 valence electrons. The number of aromatic nitrogens is 3. The lowest BCUT2D eigenvalue weighted by Gasteiger charge is -2.43. The number of hydrogen-bond acceptors (Lipinski definition) is 5. The lowest BCUT2D eigenvalue weighted by atomic mass is 9.83. The van der Waals surface area contributed by atoms with E-state index in [2.05, 4.69) is 20.6 Å². The quantitative estimate of drug-likeness (QED) is 0.768. The van der Waals surface area contributed by atoms with Crippen LogP contribution in [-0.2, 0) is 6.54 Å². The minimum absolute atomic E-state index is 0.0234. The van der Waals surface area contributed by atoms with Gasteiger partial charge in [0.15, 0.2) is 0 Å². The predicted octanol–water partition coefficient (Wildman–Crippen LogP) is 2.35. The van der Waals surface area contributed by atoms with Crippen molar-refractivity contribution in [3.63, 3.8) is 0 Å². The lowest BCUT2D eigenvalue weighted by Crippen LogP contribution is -2.53. The SMILES string of the molecule is O=C(Nc1ccc2n(c1=O)CC1CC2CN(C(=O)NC2CCCCC2)C1)c1cnccn1. The number of hydrogen-bond donors (Lipinski definition) is 2. The summed E-state index contributed by atoms with van der Waals surface area (Å²) in [5, 5.41) is 5.88. The Morgan fingerprint density at radius 3 is 2.66 bits per heavy atom. The van der Waals surface area contributed by atoms with Crippen molar-refractivity contribution in [2.24, 2.45) is 5.92 Å². The maximum absolute atomic E-state index is 13.1. The normalized spacial score (nSPS) is 22.7. The van der Waals surface area contributed by atoms with Crippen LogP contribution in [0.1, 0.15) is 60.6 Å². The van der Waals surface area contributed by atoms with Gasteiger partial charge in [-0.3, -0.25) is 14.6 Å². The summed E-state index contributed by atoms with van der Waals surface area (Å²) in [5.74, 6) is -0.114. The zero-order valence-electron chi connectivity index (χ0n) is 18.0. The number of fused-ring (bicyclic) bond motifs is 4. The number of piperidine rings is 1. The molecule has 2 aliphatic heterocycles. The first-order valence-corrected chi connectivity index (χ1v) is 11.4. The van der Waals surface area contributed by atoms with E-state index in [0.717, 1.165) is 25.0 Å². The number of amides is 3. The van der Waals surface area contributed by atoms with Crippen molar-refractivity contribution < 1.29 is 9.59 Å². The van der Waals surface area contributed by atoms with Crippen LogP contribution in [0.2, 0.25) is 0 Å². The number of rotatable bonds is 3. The summed E-state index contributed by atoms with van der Waals surface area (Å²) >= 11 is 0. The van der Waals surface area contributed by atoms with Crippen LogP contribution >= 0.6 is 0 Å². The summed E-state index contributed by atoms with van der Waals surface area (Å²) in [7, 11) is 0. The van der Waals surface area contributed by atoms with Gasteiger partial charge in [-0.15, -0.1) is 0 Å². The smallest absolute Gasteiger partial charge is 0.317 e. The van der Waals surface area contributed by atoms with E-state index < -0.39 is 5.91 Å². The Bertz CT molecular complexity index is 1060. The van der Waals surface area contributed by atoms with Crippen LogP contribution < -0.4 is 16.2 Å². The molecule has 2 bridgehead atoms. The van der Waals surface area contributed by atoms with Crippen molar-refractivity contribution in [3.8, 4) is 0 Å². The Morgan fingerprint density at radius 2 is 1.88 bits per heavy atom. The minimum Gasteiger partial charge on any atom is -0.335 e.